The van der Waals surface area contributed by atoms with Crippen molar-refractivity contribution in [2.24, 2.45) is 0 Å². The standard InChI is InChI=1S/C34H68NO8P/c1-7-10-12-14-16-18-20-22-24-26-33(36)40-29-32(30-41-44(38,39)43-31(9-3)28-35(4,5)6)42-34(37)27-25-23-21-19-17-15-13-11-8-2/h31-32H,7-30H2,1-6H3/t31?,32-/m1/s1. The number of esters is 2. The minimum atomic E-state index is -4.67. The number of likely N-dealkylation sites (N-methyl/N-ethyl adjacent to an activating group) is 1. The maximum Gasteiger partial charge on any atom is 0.306 e. The number of phosphoric acid groups is 1. The second-order valence-electron chi connectivity index (χ2n) is 13.3. The highest BCUT2D eigenvalue weighted by Crippen LogP contribution is 2.41. The summed E-state index contributed by atoms with van der Waals surface area (Å²) in [6.45, 7) is 6.04. The van der Waals surface area contributed by atoms with Crippen LogP contribution in [0.5, 0.6) is 0 Å². The number of nitrogens with zero attached hydrogens (tertiary/aromatic N) is 1. The Morgan fingerprint density at radius 1 is 0.636 bits per heavy atom. The van der Waals surface area contributed by atoms with Crippen molar-refractivity contribution < 1.29 is 42.1 Å². The van der Waals surface area contributed by atoms with E-state index >= 15 is 0 Å². The summed E-state index contributed by atoms with van der Waals surface area (Å²) in [4.78, 5) is 37.5. The number of ether oxygens (including phenoxy) is 2. The van der Waals surface area contributed by atoms with Crippen molar-refractivity contribution in [3.63, 3.8) is 0 Å². The van der Waals surface area contributed by atoms with Gasteiger partial charge in [-0.1, -0.05) is 124 Å². The van der Waals surface area contributed by atoms with Crippen LogP contribution in [0, 0.1) is 0 Å². The van der Waals surface area contributed by atoms with E-state index in [1.165, 1.54) is 70.6 Å². The normalized spacial score (nSPS) is 14.6. The fraction of sp³-hybridized carbons (Fsp3) is 0.941. The van der Waals surface area contributed by atoms with E-state index in [0.29, 0.717) is 23.9 Å². The summed E-state index contributed by atoms with van der Waals surface area (Å²) in [5.41, 5.74) is 0. The molecule has 44 heavy (non-hydrogen) atoms. The molecule has 0 bridgehead atoms. The molecule has 0 aliphatic rings. The molecule has 3 atom stereocenters. The van der Waals surface area contributed by atoms with Gasteiger partial charge in [-0.3, -0.25) is 14.2 Å². The molecule has 0 saturated heterocycles. The predicted molar refractivity (Wildman–Crippen MR) is 176 cm³/mol. The Balaban J connectivity index is 4.71. The van der Waals surface area contributed by atoms with E-state index in [1.807, 2.05) is 28.1 Å². The van der Waals surface area contributed by atoms with Gasteiger partial charge in [-0.2, -0.15) is 0 Å². The van der Waals surface area contributed by atoms with E-state index in [2.05, 4.69) is 13.8 Å². The van der Waals surface area contributed by atoms with Crippen molar-refractivity contribution in [3.05, 3.63) is 0 Å². The molecule has 0 rings (SSSR count). The van der Waals surface area contributed by atoms with Crippen LogP contribution in [0.3, 0.4) is 0 Å². The minimum Gasteiger partial charge on any atom is -0.756 e. The molecule has 0 heterocycles. The Kier molecular flexibility index (Phi) is 26.5. The second kappa shape index (κ2) is 27.2. The predicted octanol–water partition coefficient (Wildman–Crippen LogP) is 8.27. The molecule has 0 aromatic heterocycles. The van der Waals surface area contributed by atoms with Crippen LogP contribution in [-0.2, 0) is 32.7 Å². The van der Waals surface area contributed by atoms with Gasteiger partial charge in [0.25, 0.3) is 7.82 Å². The molecule has 0 aromatic rings. The van der Waals surface area contributed by atoms with Crippen molar-refractivity contribution in [3.8, 4) is 0 Å². The molecule has 0 aliphatic heterocycles. The smallest absolute Gasteiger partial charge is 0.306 e. The van der Waals surface area contributed by atoms with E-state index in [-0.39, 0.29) is 25.4 Å². The average molecular weight is 650 g/mol. The lowest BCUT2D eigenvalue weighted by atomic mass is 10.1. The largest absolute Gasteiger partial charge is 0.756 e. The van der Waals surface area contributed by atoms with Gasteiger partial charge in [0.1, 0.15) is 19.3 Å². The SMILES string of the molecule is CCCCCCCCCCCC(=O)OC[C@H](COP(=O)([O-])OC(CC)C[N+](C)(C)C)OC(=O)CCCCCCCCCCC. The van der Waals surface area contributed by atoms with Crippen molar-refractivity contribution in [1.29, 1.82) is 0 Å². The quantitative estimate of drug-likeness (QED) is 0.0319. The lowest BCUT2D eigenvalue weighted by molar-refractivity contribution is -0.873. The molecule has 0 saturated carbocycles. The van der Waals surface area contributed by atoms with Crippen molar-refractivity contribution in [2.75, 3.05) is 40.9 Å². The van der Waals surface area contributed by atoms with Crippen LogP contribution in [0.2, 0.25) is 0 Å². The second-order valence-corrected chi connectivity index (χ2v) is 14.7. The highest BCUT2D eigenvalue weighted by Gasteiger charge is 2.25. The summed E-state index contributed by atoms with van der Waals surface area (Å²) in [6, 6.07) is 0. The zero-order valence-corrected chi connectivity index (χ0v) is 30.2. The van der Waals surface area contributed by atoms with E-state index in [4.69, 9.17) is 18.5 Å². The summed E-state index contributed by atoms with van der Waals surface area (Å²) < 4.78 is 34.5. The first kappa shape index (κ1) is 43.0. The maximum absolute atomic E-state index is 12.6. The monoisotopic (exact) mass is 649 g/mol. The van der Waals surface area contributed by atoms with Crippen LogP contribution < -0.4 is 4.89 Å². The molecular weight excluding hydrogens is 581 g/mol. The van der Waals surface area contributed by atoms with Gasteiger partial charge in [0.15, 0.2) is 6.10 Å². The van der Waals surface area contributed by atoms with Gasteiger partial charge < -0.3 is 27.9 Å². The summed E-state index contributed by atoms with van der Waals surface area (Å²) in [7, 11) is 1.19. The summed E-state index contributed by atoms with van der Waals surface area (Å²) in [5, 5.41) is 0. The number of phosphoric ester groups is 1. The van der Waals surface area contributed by atoms with Crippen LogP contribution in [0.15, 0.2) is 0 Å². The van der Waals surface area contributed by atoms with Gasteiger partial charge in [0.05, 0.1) is 27.7 Å². The molecule has 0 aromatic carbocycles. The first-order chi connectivity index (χ1) is 20.9. The molecule has 10 heteroatoms. The molecule has 0 aliphatic carbocycles. The van der Waals surface area contributed by atoms with Crippen LogP contribution in [0.25, 0.3) is 0 Å². The average Bonchev–Trinajstić information content (AvgIpc) is 2.95. The zero-order chi connectivity index (χ0) is 33.1. The molecule has 0 N–H and O–H groups in total. The van der Waals surface area contributed by atoms with Gasteiger partial charge in [-0.25, -0.2) is 0 Å². The number of carbonyl (C=O) groups is 2. The Morgan fingerprint density at radius 2 is 1.07 bits per heavy atom. The van der Waals surface area contributed by atoms with Crippen molar-refractivity contribution in [1.82, 2.24) is 0 Å². The first-order valence-electron chi connectivity index (χ1n) is 17.7. The van der Waals surface area contributed by atoms with E-state index in [9.17, 15) is 19.0 Å². The Labute approximate surface area is 270 Å². The first-order valence-corrected chi connectivity index (χ1v) is 19.2. The molecule has 0 fully saturated rings. The fourth-order valence-electron chi connectivity index (χ4n) is 5.01. The van der Waals surface area contributed by atoms with Crippen LogP contribution in [-0.4, -0.2) is 69.5 Å². The summed E-state index contributed by atoms with van der Waals surface area (Å²) in [6.07, 6.45) is 19.9. The summed E-state index contributed by atoms with van der Waals surface area (Å²) >= 11 is 0. The molecule has 0 radical (unpaired) electrons. The Bertz CT molecular complexity index is 758. The highest BCUT2D eigenvalue weighted by molar-refractivity contribution is 7.45. The van der Waals surface area contributed by atoms with Crippen LogP contribution in [0.1, 0.15) is 156 Å². The number of rotatable bonds is 31. The molecule has 9 nitrogen and oxygen atoms in total. The third kappa shape index (κ3) is 28.5. The van der Waals surface area contributed by atoms with E-state index in [1.54, 1.807) is 0 Å². The third-order valence-electron chi connectivity index (χ3n) is 7.60. The lowest BCUT2D eigenvalue weighted by Crippen LogP contribution is -2.42. The van der Waals surface area contributed by atoms with Crippen molar-refractivity contribution >= 4 is 19.8 Å². The number of carbonyl (C=O) groups excluding carboxylic acids is 2. The number of quaternary nitrogens is 1. The number of hydrogen-bond donors (Lipinski definition) is 0. The van der Waals surface area contributed by atoms with Gasteiger partial charge in [-0.15, -0.1) is 0 Å². The minimum absolute atomic E-state index is 0.228. The lowest BCUT2D eigenvalue weighted by Gasteiger charge is -2.33. The topological polar surface area (TPSA) is 111 Å². The number of unbranched alkanes of at least 4 members (excludes halogenated alkanes) is 16. The molecule has 262 valence electrons. The molecule has 2 unspecified atom stereocenters. The van der Waals surface area contributed by atoms with Crippen molar-refractivity contribution in [2.45, 2.75) is 168 Å². The van der Waals surface area contributed by atoms with Gasteiger partial charge >= 0.3 is 11.9 Å². The van der Waals surface area contributed by atoms with Crippen LogP contribution in [0.4, 0.5) is 0 Å². The zero-order valence-electron chi connectivity index (χ0n) is 29.3. The molecule has 0 amide bonds. The van der Waals surface area contributed by atoms with Gasteiger partial charge in [-0.05, 0) is 19.3 Å². The summed E-state index contributed by atoms with van der Waals surface area (Å²) in [5.74, 6) is -0.835. The van der Waals surface area contributed by atoms with Gasteiger partial charge in [0, 0.05) is 12.8 Å². The van der Waals surface area contributed by atoms with E-state index in [0.717, 1.165) is 38.5 Å². The number of hydrogen-bond acceptors (Lipinski definition) is 8. The maximum atomic E-state index is 12.6. The van der Waals surface area contributed by atoms with Gasteiger partial charge in [0.2, 0.25) is 0 Å². The van der Waals surface area contributed by atoms with E-state index < -0.39 is 32.6 Å². The highest BCUT2D eigenvalue weighted by atomic mass is 31.2. The fourth-order valence-corrected chi connectivity index (χ4v) is 6.00. The molecule has 0 spiro atoms. The third-order valence-corrected chi connectivity index (χ3v) is 8.62. The Morgan fingerprint density at radius 3 is 1.50 bits per heavy atom. The van der Waals surface area contributed by atoms with Crippen LogP contribution >= 0.6 is 7.82 Å². The Hall–Kier alpha value is -0.990. The molecular formula is C34H68NO8P.